The van der Waals surface area contributed by atoms with Crippen molar-refractivity contribution in [3.8, 4) is 0 Å². The molecular weight excluding hydrogens is 380 g/mol. The summed E-state index contributed by atoms with van der Waals surface area (Å²) in [5.41, 5.74) is 1.07. The molecular formula is C21H29ClN2O2S. The van der Waals surface area contributed by atoms with Gasteiger partial charge < -0.3 is 9.80 Å². The third kappa shape index (κ3) is 5.64. The molecule has 6 heteroatoms. The normalized spacial score (nSPS) is 21.3. The molecule has 0 aliphatic carbocycles. The van der Waals surface area contributed by atoms with Crippen molar-refractivity contribution in [1.82, 2.24) is 9.80 Å². The minimum atomic E-state index is 0.0927. The molecule has 2 fully saturated rings. The van der Waals surface area contributed by atoms with E-state index in [1.807, 2.05) is 29.2 Å². The van der Waals surface area contributed by atoms with E-state index in [4.69, 9.17) is 11.6 Å². The molecule has 2 aliphatic rings. The highest BCUT2D eigenvalue weighted by Crippen LogP contribution is 2.25. The van der Waals surface area contributed by atoms with Gasteiger partial charge in [-0.05, 0) is 43.2 Å². The average Bonchev–Trinajstić information content (AvgIpc) is 2.69. The fourth-order valence-corrected chi connectivity index (χ4v) is 5.19. The van der Waals surface area contributed by atoms with E-state index in [1.54, 1.807) is 11.8 Å². The lowest BCUT2D eigenvalue weighted by Gasteiger charge is -2.37. The summed E-state index contributed by atoms with van der Waals surface area (Å²) in [5.74, 6) is 2.39. The molecule has 2 aliphatic heterocycles. The first-order valence-electron chi connectivity index (χ1n) is 9.92. The minimum Gasteiger partial charge on any atom is -0.342 e. The van der Waals surface area contributed by atoms with Gasteiger partial charge in [-0.3, -0.25) is 9.59 Å². The largest absolute Gasteiger partial charge is 0.342 e. The number of amides is 2. The van der Waals surface area contributed by atoms with E-state index in [0.29, 0.717) is 30.7 Å². The van der Waals surface area contributed by atoms with Crippen LogP contribution in [0.1, 0.15) is 38.2 Å². The first kappa shape index (κ1) is 20.5. The van der Waals surface area contributed by atoms with Crippen molar-refractivity contribution in [3.05, 3.63) is 34.9 Å². The number of halogens is 1. The van der Waals surface area contributed by atoms with Crippen LogP contribution in [0.3, 0.4) is 0 Å². The lowest BCUT2D eigenvalue weighted by atomic mass is 9.93. The third-order valence-corrected chi connectivity index (χ3v) is 6.94. The molecule has 0 saturated carbocycles. The Labute approximate surface area is 171 Å². The number of nitrogens with zero attached hydrogens (tertiary/aromatic N) is 2. The molecule has 0 spiro atoms. The van der Waals surface area contributed by atoms with Gasteiger partial charge in [-0.1, -0.05) is 36.7 Å². The van der Waals surface area contributed by atoms with Crippen LogP contribution in [0.25, 0.3) is 0 Å². The van der Waals surface area contributed by atoms with E-state index in [-0.39, 0.29) is 11.8 Å². The SMILES string of the molecule is CC1CCCN(C(=O)C2CCN(C(=O)CSCc3ccccc3Cl)CC2)C1. The quantitative estimate of drug-likeness (QED) is 0.737. The van der Waals surface area contributed by atoms with Gasteiger partial charge in [-0.25, -0.2) is 0 Å². The first-order valence-corrected chi connectivity index (χ1v) is 11.5. The van der Waals surface area contributed by atoms with Crippen molar-refractivity contribution in [3.63, 3.8) is 0 Å². The molecule has 2 saturated heterocycles. The van der Waals surface area contributed by atoms with Gasteiger partial charge in [0.15, 0.2) is 0 Å². The van der Waals surface area contributed by atoms with Crippen molar-refractivity contribution in [2.24, 2.45) is 11.8 Å². The summed E-state index contributed by atoms with van der Waals surface area (Å²) in [6.45, 7) is 5.43. The Balaban J connectivity index is 1.40. The van der Waals surface area contributed by atoms with Gasteiger partial charge in [-0.15, -0.1) is 11.8 Å². The third-order valence-electron chi connectivity index (χ3n) is 5.61. The van der Waals surface area contributed by atoms with E-state index < -0.39 is 0 Å². The lowest BCUT2D eigenvalue weighted by molar-refractivity contribution is -0.141. The van der Waals surface area contributed by atoms with E-state index >= 15 is 0 Å². The molecule has 3 rings (SSSR count). The molecule has 4 nitrogen and oxygen atoms in total. The number of piperidine rings is 2. The van der Waals surface area contributed by atoms with Crippen LogP contribution in [-0.4, -0.2) is 53.5 Å². The van der Waals surface area contributed by atoms with Gasteiger partial charge in [0.25, 0.3) is 0 Å². The molecule has 1 aromatic rings. The van der Waals surface area contributed by atoms with Crippen LogP contribution in [-0.2, 0) is 15.3 Å². The Morgan fingerprint density at radius 2 is 1.85 bits per heavy atom. The maximum atomic E-state index is 12.7. The smallest absolute Gasteiger partial charge is 0.232 e. The number of hydrogen-bond donors (Lipinski definition) is 0. The number of rotatable bonds is 5. The molecule has 2 amide bonds. The topological polar surface area (TPSA) is 40.6 Å². The van der Waals surface area contributed by atoms with Crippen LogP contribution in [0.4, 0.5) is 0 Å². The summed E-state index contributed by atoms with van der Waals surface area (Å²) in [6.07, 6.45) is 3.94. The molecule has 1 unspecified atom stereocenters. The van der Waals surface area contributed by atoms with Crippen LogP contribution in [0.15, 0.2) is 24.3 Å². The highest BCUT2D eigenvalue weighted by Gasteiger charge is 2.31. The van der Waals surface area contributed by atoms with Crippen LogP contribution in [0.2, 0.25) is 5.02 Å². The van der Waals surface area contributed by atoms with Gasteiger partial charge in [-0.2, -0.15) is 0 Å². The first-order chi connectivity index (χ1) is 13.0. The van der Waals surface area contributed by atoms with Crippen molar-refractivity contribution in [1.29, 1.82) is 0 Å². The van der Waals surface area contributed by atoms with Gasteiger partial charge in [0, 0.05) is 42.9 Å². The monoisotopic (exact) mass is 408 g/mol. The van der Waals surface area contributed by atoms with Gasteiger partial charge in [0.05, 0.1) is 5.75 Å². The van der Waals surface area contributed by atoms with E-state index in [2.05, 4.69) is 11.8 Å². The van der Waals surface area contributed by atoms with Crippen molar-refractivity contribution in [2.75, 3.05) is 31.9 Å². The standard InChI is InChI=1S/C21H29ClN2O2S/c1-16-5-4-10-24(13-16)21(26)17-8-11-23(12-9-17)20(25)15-27-14-18-6-2-3-7-19(18)22/h2-3,6-7,16-17H,4-5,8-15H2,1H3. The molecule has 2 heterocycles. The van der Waals surface area contributed by atoms with Crippen LogP contribution < -0.4 is 0 Å². The summed E-state index contributed by atoms with van der Waals surface area (Å²) in [6, 6.07) is 7.76. The van der Waals surface area contributed by atoms with Crippen molar-refractivity contribution >= 4 is 35.2 Å². The maximum absolute atomic E-state index is 12.7. The highest BCUT2D eigenvalue weighted by atomic mass is 35.5. The number of likely N-dealkylation sites (tertiary alicyclic amines) is 2. The average molecular weight is 409 g/mol. The van der Waals surface area contributed by atoms with Gasteiger partial charge >= 0.3 is 0 Å². The number of benzene rings is 1. The molecule has 0 aromatic heterocycles. The van der Waals surface area contributed by atoms with Crippen molar-refractivity contribution in [2.45, 2.75) is 38.4 Å². The zero-order valence-electron chi connectivity index (χ0n) is 16.0. The second-order valence-corrected chi connectivity index (χ2v) is 9.16. The molecule has 0 bridgehead atoms. The number of carbonyl (C=O) groups is 2. The molecule has 1 atom stereocenters. The summed E-state index contributed by atoms with van der Waals surface area (Å²) in [5, 5.41) is 0.754. The van der Waals surface area contributed by atoms with Gasteiger partial charge in [0.1, 0.15) is 0 Å². The second-order valence-electron chi connectivity index (χ2n) is 7.77. The summed E-state index contributed by atoms with van der Waals surface area (Å²) in [7, 11) is 0. The maximum Gasteiger partial charge on any atom is 0.232 e. The number of carbonyl (C=O) groups excluding carboxylic acids is 2. The Bertz CT molecular complexity index is 661. The predicted octanol–water partition coefficient (Wildman–Crippen LogP) is 4.07. The Morgan fingerprint density at radius 3 is 2.56 bits per heavy atom. The number of hydrogen-bond acceptors (Lipinski definition) is 3. The molecule has 0 N–H and O–H groups in total. The second kappa shape index (κ2) is 9.83. The zero-order valence-corrected chi connectivity index (χ0v) is 17.6. The Hall–Kier alpha value is -1.20. The zero-order chi connectivity index (χ0) is 19.2. The van der Waals surface area contributed by atoms with E-state index in [0.717, 1.165) is 48.7 Å². The predicted molar refractivity (Wildman–Crippen MR) is 112 cm³/mol. The van der Waals surface area contributed by atoms with Crippen LogP contribution in [0, 0.1) is 11.8 Å². The van der Waals surface area contributed by atoms with E-state index in [9.17, 15) is 9.59 Å². The van der Waals surface area contributed by atoms with Gasteiger partial charge in [0.2, 0.25) is 11.8 Å². The van der Waals surface area contributed by atoms with Crippen molar-refractivity contribution < 1.29 is 9.59 Å². The number of thioether (sulfide) groups is 1. The lowest BCUT2D eigenvalue weighted by Crippen LogP contribution is -2.47. The summed E-state index contributed by atoms with van der Waals surface area (Å²) < 4.78 is 0. The fraction of sp³-hybridized carbons (Fsp3) is 0.619. The molecule has 148 valence electrons. The molecule has 0 radical (unpaired) electrons. The Morgan fingerprint density at radius 1 is 1.11 bits per heavy atom. The van der Waals surface area contributed by atoms with E-state index in [1.165, 1.54) is 6.42 Å². The molecule has 27 heavy (non-hydrogen) atoms. The fourth-order valence-electron chi connectivity index (χ4n) is 3.98. The Kier molecular flexibility index (Phi) is 7.48. The van der Waals surface area contributed by atoms with Crippen LogP contribution >= 0.6 is 23.4 Å². The summed E-state index contributed by atoms with van der Waals surface area (Å²) >= 11 is 7.76. The minimum absolute atomic E-state index is 0.0927. The summed E-state index contributed by atoms with van der Waals surface area (Å²) in [4.78, 5) is 29.2. The van der Waals surface area contributed by atoms with Crippen LogP contribution in [0.5, 0.6) is 0 Å². The highest BCUT2D eigenvalue weighted by molar-refractivity contribution is 7.99. The molecule has 1 aromatic carbocycles.